The average molecular weight is 275 g/mol. The van der Waals surface area contributed by atoms with Crippen LogP contribution in [0, 0.1) is 0 Å². The zero-order valence-electron chi connectivity index (χ0n) is 12.9. The highest BCUT2D eigenvalue weighted by molar-refractivity contribution is 5.17. The monoisotopic (exact) mass is 275 g/mol. The topological polar surface area (TPSA) is 43.0 Å². The third-order valence-electron chi connectivity index (χ3n) is 3.71. The van der Waals surface area contributed by atoms with Gasteiger partial charge in [0.15, 0.2) is 0 Å². The Labute approximate surface area is 121 Å². The lowest BCUT2D eigenvalue weighted by molar-refractivity contribution is 0.401. The van der Waals surface area contributed by atoms with Crippen molar-refractivity contribution in [2.24, 2.45) is 0 Å². The first-order valence-electron chi connectivity index (χ1n) is 7.53. The second-order valence-corrected chi connectivity index (χ2v) is 5.00. The lowest BCUT2D eigenvalue weighted by Gasteiger charge is -2.14. The van der Waals surface area contributed by atoms with Crippen LogP contribution < -0.4 is 5.32 Å². The molecule has 1 atom stereocenters. The van der Waals surface area contributed by atoms with Gasteiger partial charge < -0.3 is 9.73 Å². The Balaban J connectivity index is 2.19. The van der Waals surface area contributed by atoms with E-state index >= 15 is 0 Å². The van der Waals surface area contributed by atoms with Gasteiger partial charge in [-0.05, 0) is 38.6 Å². The number of nitrogens with one attached hydrogen (secondary N) is 1. The van der Waals surface area contributed by atoms with E-state index in [2.05, 4.69) is 54.1 Å². The normalized spacial score (nSPS) is 12.8. The number of furan rings is 1. The summed E-state index contributed by atoms with van der Waals surface area (Å²) in [5.41, 5.74) is 2.42. The van der Waals surface area contributed by atoms with E-state index in [-0.39, 0.29) is 6.04 Å². The van der Waals surface area contributed by atoms with Gasteiger partial charge in [0.1, 0.15) is 11.5 Å². The largest absolute Gasteiger partial charge is 0.464 e. The van der Waals surface area contributed by atoms with Crippen LogP contribution in [0.3, 0.4) is 0 Å². The second kappa shape index (κ2) is 6.75. The fourth-order valence-electron chi connectivity index (χ4n) is 2.45. The standard InChI is InChI=1S/C16H25N3O/c1-5-12-10-13(19(7-3)18-12)11-15(17-4)16-9-8-14(6-2)20-16/h8-10,15,17H,5-7,11H2,1-4H3. The highest BCUT2D eigenvalue weighted by atomic mass is 16.3. The van der Waals surface area contributed by atoms with Crippen LogP contribution >= 0.6 is 0 Å². The van der Waals surface area contributed by atoms with Crippen molar-refractivity contribution >= 4 is 0 Å². The van der Waals surface area contributed by atoms with E-state index in [0.29, 0.717) is 0 Å². The van der Waals surface area contributed by atoms with Crippen LogP contribution in [-0.2, 0) is 25.8 Å². The van der Waals surface area contributed by atoms with Gasteiger partial charge in [0, 0.05) is 25.1 Å². The third kappa shape index (κ3) is 3.12. The molecule has 0 bridgehead atoms. The Morgan fingerprint density at radius 3 is 2.60 bits per heavy atom. The zero-order chi connectivity index (χ0) is 14.5. The van der Waals surface area contributed by atoms with E-state index in [0.717, 1.165) is 43.0 Å². The molecule has 0 aliphatic rings. The van der Waals surface area contributed by atoms with Gasteiger partial charge in [0.25, 0.3) is 0 Å². The minimum Gasteiger partial charge on any atom is -0.464 e. The van der Waals surface area contributed by atoms with Crippen molar-refractivity contribution in [1.82, 2.24) is 15.1 Å². The van der Waals surface area contributed by atoms with Gasteiger partial charge in [-0.1, -0.05) is 13.8 Å². The summed E-state index contributed by atoms with van der Waals surface area (Å²) in [6.07, 6.45) is 2.81. The summed E-state index contributed by atoms with van der Waals surface area (Å²) < 4.78 is 7.96. The summed E-state index contributed by atoms with van der Waals surface area (Å²) >= 11 is 0. The number of likely N-dealkylation sites (N-methyl/N-ethyl adjacent to an activating group) is 1. The fourth-order valence-corrected chi connectivity index (χ4v) is 2.45. The molecule has 1 N–H and O–H groups in total. The fraction of sp³-hybridized carbons (Fsp3) is 0.562. The predicted octanol–water partition coefficient (Wildman–Crippen LogP) is 3.12. The first kappa shape index (κ1) is 14.9. The van der Waals surface area contributed by atoms with Gasteiger partial charge in [-0.2, -0.15) is 5.10 Å². The maximum absolute atomic E-state index is 5.87. The predicted molar refractivity (Wildman–Crippen MR) is 80.9 cm³/mol. The van der Waals surface area contributed by atoms with Gasteiger partial charge >= 0.3 is 0 Å². The first-order chi connectivity index (χ1) is 9.71. The maximum Gasteiger partial charge on any atom is 0.121 e. The number of hydrogen-bond acceptors (Lipinski definition) is 3. The highest BCUT2D eigenvalue weighted by Crippen LogP contribution is 2.21. The molecule has 2 heterocycles. The summed E-state index contributed by atoms with van der Waals surface area (Å²) in [7, 11) is 1.98. The second-order valence-electron chi connectivity index (χ2n) is 5.00. The van der Waals surface area contributed by atoms with Crippen LogP contribution in [0.4, 0.5) is 0 Å². The summed E-state index contributed by atoms with van der Waals surface area (Å²) in [6.45, 7) is 7.29. The van der Waals surface area contributed by atoms with Crippen LogP contribution in [0.2, 0.25) is 0 Å². The maximum atomic E-state index is 5.87. The first-order valence-corrected chi connectivity index (χ1v) is 7.53. The molecule has 0 amide bonds. The molecule has 2 rings (SSSR count). The molecule has 0 spiro atoms. The van der Waals surface area contributed by atoms with Crippen molar-refractivity contribution < 1.29 is 4.42 Å². The van der Waals surface area contributed by atoms with Gasteiger partial charge in [-0.3, -0.25) is 4.68 Å². The molecule has 0 aliphatic heterocycles. The van der Waals surface area contributed by atoms with E-state index < -0.39 is 0 Å². The average Bonchev–Trinajstić information content (AvgIpc) is 3.10. The van der Waals surface area contributed by atoms with Crippen molar-refractivity contribution in [3.63, 3.8) is 0 Å². The quantitative estimate of drug-likeness (QED) is 0.844. The molecule has 4 heteroatoms. The summed E-state index contributed by atoms with van der Waals surface area (Å²) in [6, 6.07) is 6.54. The van der Waals surface area contributed by atoms with Crippen molar-refractivity contribution in [2.45, 2.75) is 52.6 Å². The van der Waals surface area contributed by atoms with Gasteiger partial charge in [0.2, 0.25) is 0 Å². The number of aromatic nitrogens is 2. The molecule has 2 aromatic heterocycles. The summed E-state index contributed by atoms with van der Waals surface area (Å²) in [5.74, 6) is 2.05. The summed E-state index contributed by atoms with van der Waals surface area (Å²) in [4.78, 5) is 0. The molecule has 0 fully saturated rings. The smallest absolute Gasteiger partial charge is 0.121 e. The van der Waals surface area contributed by atoms with Crippen LogP contribution in [0.5, 0.6) is 0 Å². The van der Waals surface area contributed by atoms with Gasteiger partial charge in [0.05, 0.1) is 11.7 Å². The Morgan fingerprint density at radius 2 is 2.05 bits per heavy atom. The Kier molecular flexibility index (Phi) is 5.01. The Hall–Kier alpha value is -1.55. The Morgan fingerprint density at radius 1 is 1.25 bits per heavy atom. The van der Waals surface area contributed by atoms with Crippen molar-refractivity contribution in [1.29, 1.82) is 0 Å². The van der Waals surface area contributed by atoms with Crippen molar-refractivity contribution in [3.05, 3.63) is 41.1 Å². The van der Waals surface area contributed by atoms with Crippen molar-refractivity contribution in [3.8, 4) is 0 Å². The molecule has 4 nitrogen and oxygen atoms in total. The number of nitrogens with zero attached hydrogens (tertiary/aromatic N) is 2. The van der Waals surface area contributed by atoms with E-state index in [9.17, 15) is 0 Å². The molecule has 0 aromatic carbocycles. The number of aryl methyl sites for hydroxylation is 3. The molecule has 0 saturated heterocycles. The molecule has 0 saturated carbocycles. The third-order valence-corrected chi connectivity index (χ3v) is 3.71. The minimum atomic E-state index is 0.196. The molecule has 20 heavy (non-hydrogen) atoms. The molecule has 1 unspecified atom stereocenters. The number of rotatable bonds is 7. The molecule has 2 aromatic rings. The Bertz CT molecular complexity index is 542. The molecular weight excluding hydrogens is 250 g/mol. The summed E-state index contributed by atoms with van der Waals surface area (Å²) in [5, 5.41) is 7.96. The molecule has 0 radical (unpaired) electrons. The van der Waals surface area contributed by atoms with Crippen LogP contribution in [0.1, 0.15) is 49.7 Å². The van der Waals surface area contributed by atoms with Crippen LogP contribution in [-0.4, -0.2) is 16.8 Å². The molecular formula is C16H25N3O. The van der Waals surface area contributed by atoms with Crippen molar-refractivity contribution in [2.75, 3.05) is 7.05 Å². The lowest BCUT2D eigenvalue weighted by Crippen LogP contribution is -2.20. The van der Waals surface area contributed by atoms with E-state index in [1.807, 2.05) is 7.05 Å². The minimum absolute atomic E-state index is 0.196. The molecule has 110 valence electrons. The van der Waals surface area contributed by atoms with E-state index in [1.165, 1.54) is 5.69 Å². The molecule has 0 aliphatic carbocycles. The SMILES string of the molecule is CCc1cc(CC(NC)c2ccc(CC)o2)n(CC)n1. The van der Waals surface area contributed by atoms with Gasteiger partial charge in [-0.15, -0.1) is 0 Å². The lowest BCUT2D eigenvalue weighted by atomic mass is 10.1. The van der Waals surface area contributed by atoms with Crippen LogP contribution in [0.25, 0.3) is 0 Å². The van der Waals surface area contributed by atoms with Gasteiger partial charge in [-0.25, -0.2) is 0 Å². The van der Waals surface area contributed by atoms with Crippen LogP contribution in [0.15, 0.2) is 22.6 Å². The zero-order valence-corrected chi connectivity index (χ0v) is 12.9. The van der Waals surface area contributed by atoms with E-state index in [1.54, 1.807) is 0 Å². The highest BCUT2D eigenvalue weighted by Gasteiger charge is 2.17. The van der Waals surface area contributed by atoms with E-state index in [4.69, 9.17) is 4.42 Å². The number of hydrogen-bond donors (Lipinski definition) is 1.